The van der Waals surface area contributed by atoms with Crippen LogP contribution in [0.25, 0.3) is 0 Å². The van der Waals surface area contributed by atoms with Gasteiger partial charge < -0.3 is 33.9 Å². The number of imide groups is 4. The minimum Gasteiger partial charge on any atom is -0.478 e. The zero-order chi connectivity index (χ0) is 61.4. The molecule has 8 aromatic rings. The number of ether oxygens (including phenoxy) is 5. The molecule has 0 spiro atoms. The van der Waals surface area contributed by atoms with Crippen molar-refractivity contribution in [3.63, 3.8) is 0 Å². The van der Waals surface area contributed by atoms with Crippen molar-refractivity contribution in [1.29, 1.82) is 0 Å². The second kappa shape index (κ2) is 20.9. The lowest BCUT2D eigenvalue weighted by atomic mass is 9.96. The van der Waals surface area contributed by atoms with Gasteiger partial charge in [-0.3, -0.25) is 57.6 Å². The molecule has 24 nitrogen and oxygen atoms in total. The fraction of sp³-hybridized carbons (Fsp3) is 0.0317. The molecule has 0 saturated heterocycles. The largest absolute Gasteiger partial charge is 0.478 e. The molecule has 0 atom stereocenters. The zero-order valence-corrected chi connectivity index (χ0v) is 44.5. The van der Waals surface area contributed by atoms with E-state index in [2.05, 4.69) is 0 Å². The molecule has 2 N–H and O–H groups in total. The SMILES string of the molecule is Cc1ccc(Oc2ccc(N3C(=O)c4ccc(Oc5ccc6c(c5)C(=O)N(c5ccc(Oc7ccc(N8C(=O)c9ccc(C(=O)c%10ccc%11c(c%10)C(=O)N(C)C%11=O)cc9C8=O)c(OC=O)c7)cc5C(=O)O)C6=O)cc4C3=O)c(OC=O)c2)cc1C(=O)O. The number of aryl methyl sites for hydroxylation is 1. The predicted octanol–water partition coefficient (Wildman–Crippen LogP) is 8.70. The van der Waals surface area contributed by atoms with E-state index in [0.29, 0.717) is 15.4 Å². The second-order valence-corrected chi connectivity index (χ2v) is 19.5. The molecular weight excluding hydrogens is 1130 g/mol. The summed E-state index contributed by atoms with van der Waals surface area (Å²) in [5, 5.41) is 19.9. The maximum atomic E-state index is 14.1. The van der Waals surface area contributed by atoms with Crippen LogP contribution in [0, 0.1) is 6.92 Å². The molecule has 0 saturated carbocycles. The van der Waals surface area contributed by atoms with Crippen molar-refractivity contribution < 1.29 is 96.2 Å². The number of rotatable bonds is 17. The van der Waals surface area contributed by atoms with Crippen molar-refractivity contribution in [2.75, 3.05) is 21.7 Å². The average molecular weight is 1170 g/mol. The molecule has 0 radical (unpaired) electrons. The van der Waals surface area contributed by atoms with Crippen LogP contribution in [0.15, 0.2) is 146 Å². The van der Waals surface area contributed by atoms with Gasteiger partial charge in [-0.1, -0.05) is 18.2 Å². The van der Waals surface area contributed by atoms with Crippen LogP contribution >= 0.6 is 0 Å². The summed E-state index contributed by atoms with van der Waals surface area (Å²) in [6.07, 6.45) is 0. The van der Waals surface area contributed by atoms with E-state index in [4.69, 9.17) is 23.7 Å². The minimum absolute atomic E-state index is 0.0102. The number of carboxylic acid groups (broad SMARTS) is 2. The summed E-state index contributed by atoms with van der Waals surface area (Å²) >= 11 is 0. The molecular formula is C63H34N4O20. The van der Waals surface area contributed by atoms with Gasteiger partial charge in [-0.15, -0.1) is 0 Å². The van der Waals surface area contributed by atoms with Crippen molar-refractivity contribution in [3.8, 4) is 46.0 Å². The molecule has 0 fully saturated rings. The first-order valence-electron chi connectivity index (χ1n) is 25.6. The number of anilines is 3. The van der Waals surface area contributed by atoms with E-state index in [0.717, 1.165) is 28.0 Å². The molecule has 0 bridgehead atoms. The second-order valence-electron chi connectivity index (χ2n) is 19.5. The topological polar surface area (TPSA) is 321 Å². The molecule has 0 unspecified atom stereocenters. The summed E-state index contributed by atoms with van der Waals surface area (Å²) in [5.74, 6) is -10.4. The standard InChI is InChI=1S/C63H34N4O20/c1-29-3-6-32(21-42(29)62(79)80)86-36-10-18-50(52(25-36)84-28-69)67-58(75)41-15-8-34(23-46(41)61(67)78)85-33-7-14-40-45(22-33)60(77)65(56(40)73)48-16-9-35(24-47(48)63(81)82)87-37-11-17-49(51(26-37)83-27-68)66-57(74)39-13-5-31(20-44(39)59(66)76)53(70)30-4-12-38-43(19-30)55(72)64(2)54(38)71/h3-28H,1-2H3,(H,79,80)(H,81,82). The van der Waals surface area contributed by atoms with E-state index in [9.17, 15) is 72.5 Å². The summed E-state index contributed by atoms with van der Waals surface area (Å²) in [5.41, 5.74) is -1.40. The highest BCUT2D eigenvalue weighted by atomic mass is 16.5. The van der Waals surface area contributed by atoms with Crippen LogP contribution < -0.4 is 38.4 Å². The van der Waals surface area contributed by atoms with E-state index in [-0.39, 0.29) is 137 Å². The Morgan fingerprint density at radius 3 is 1.14 bits per heavy atom. The van der Waals surface area contributed by atoms with Crippen LogP contribution in [-0.2, 0) is 9.59 Å². The van der Waals surface area contributed by atoms with Crippen LogP contribution in [0.1, 0.15) is 125 Å². The normalized spacial score (nSPS) is 13.8. The van der Waals surface area contributed by atoms with E-state index >= 15 is 0 Å². The molecule has 12 rings (SSSR count). The van der Waals surface area contributed by atoms with Gasteiger partial charge in [-0.25, -0.2) is 24.3 Å². The Kier molecular flexibility index (Phi) is 13.2. The first-order valence-corrected chi connectivity index (χ1v) is 25.6. The molecule has 4 aliphatic rings. The number of aromatic carboxylic acids is 2. The number of hydrogen-bond acceptors (Lipinski definition) is 18. The molecule has 4 aliphatic heterocycles. The quantitative estimate of drug-likeness (QED) is 0.0489. The summed E-state index contributed by atoms with van der Waals surface area (Å²) < 4.78 is 28.1. The summed E-state index contributed by atoms with van der Waals surface area (Å²) in [7, 11) is 1.31. The molecule has 87 heavy (non-hydrogen) atoms. The van der Waals surface area contributed by atoms with E-state index in [1.807, 2.05) is 0 Å². The minimum atomic E-state index is -1.59. The maximum Gasteiger partial charge on any atom is 0.337 e. The third kappa shape index (κ3) is 9.19. The summed E-state index contributed by atoms with van der Waals surface area (Å²) in [4.78, 5) is 173. The highest BCUT2D eigenvalue weighted by Gasteiger charge is 2.43. The van der Waals surface area contributed by atoms with Gasteiger partial charge >= 0.3 is 11.9 Å². The van der Waals surface area contributed by atoms with Gasteiger partial charge in [-0.2, -0.15) is 0 Å². The Morgan fingerprint density at radius 1 is 0.368 bits per heavy atom. The van der Waals surface area contributed by atoms with Gasteiger partial charge in [0.2, 0.25) is 0 Å². The third-order valence-electron chi connectivity index (χ3n) is 14.5. The molecule has 4 heterocycles. The Morgan fingerprint density at radius 2 is 0.690 bits per heavy atom. The van der Waals surface area contributed by atoms with Gasteiger partial charge in [0.05, 0.1) is 72.7 Å². The van der Waals surface area contributed by atoms with Crippen molar-refractivity contribution >= 4 is 95.0 Å². The van der Waals surface area contributed by atoms with Crippen LogP contribution in [0.2, 0.25) is 0 Å². The number of hydrogen-bond donors (Lipinski definition) is 2. The Hall–Kier alpha value is -12.7. The monoisotopic (exact) mass is 1170 g/mol. The van der Waals surface area contributed by atoms with Crippen molar-refractivity contribution in [2.45, 2.75) is 6.92 Å². The number of carbonyl (C=O) groups excluding carboxylic acids is 11. The number of carbonyl (C=O) groups is 13. The van der Waals surface area contributed by atoms with Crippen molar-refractivity contribution in [2.24, 2.45) is 0 Å². The number of ketones is 1. The van der Waals surface area contributed by atoms with Crippen LogP contribution in [0.3, 0.4) is 0 Å². The number of fused-ring (bicyclic) bond motifs is 4. The summed E-state index contributed by atoms with van der Waals surface area (Å²) in [6.45, 7) is 1.71. The average Bonchev–Trinajstić information content (AvgIpc) is 2.01. The van der Waals surface area contributed by atoms with Gasteiger partial charge in [0.1, 0.15) is 34.5 Å². The maximum absolute atomic E-state index is 14.1. The lowest BCUT2D eigenvalue weighted by Crippen LogP contribution is -2.31. The van der Waals surface area contributed by atoms with Gasteiger partial charge in [0.15, 0.2) is 17.3 Å². The van der Waals surface area contributed by atoms with Crippen LogP contribution in [0.4, 0.5) is 17.1 Å². The number of nitrogens with zero attached hydrogens (tertiary/aromatic N) is 4. The molecule has 0 aliphatic carbocycles. The summed E-state index contributed by atoms with van der Waals surface area (Å²) in [6, 6.07) is 30.8. The molecule has 426 valence electrons. The number of carboxylic acids is 2. The van der Waals surface area contributed by atoms with Gasteiger partial charge in [0.25, 0.3) is 60.2 Å². The lowest BCUT2D eigenvalue weighted by Gasteiger charge is -2.19. The van der Waals surface area contributed by atoms with E-state index in [1.165, 1.54) is 134 Å². The fourth-order valence-corrected chi connectivity index (χ4v) is 10.3. The highest BCUT2D eigenvalue weighted by molar-refractivity contribution is 6.37. The predicted molar refractivity (Wildman–Crippen MR) is 297 cm³/mol. The van der Waals surface area contributed by atoms with Crippen LogP contribution in [0.5, 0.6) is 46.0 Å². The number of amides is 8. The molecule has 0 aromatic heterocycles. The Labute approximate surface area is 487 Å². The number of benzene rings is 8. The lowest BCUT2D eigenvalue weighted by molar-refractivity contribution is -0.121. The van der Waals surface area contributed by atoms with E-state index in [1.54, 1.807) is 6.92 Å². The Balaban J connectivity index is 0.739. The highest BCUT2D eigenvalue weighted by Crippen LogP contribution is 2.43. The van der Waals surface area contributed by atoms with Gasteiger partial charge in [0, 0.05) is 30.3 Å². The Bertz CT molecular complexity index is 4590. The smallest absolute Gasteiger partial charge is 0.337 e. The van der Waals surface area contributed by atoms with Crippen molar-refractivity contribution in [1.82, 2.24) is 4.90 Å². The third-order valence-corrected chi connectivity index (χ3v) is 14.5. The van der Waals surface area contributed by atoms with Crippen molar-refractivity contribution in [3.05, 3.63) is 218 Å². The molecule has 8 amide bonds. The van der Waals surface area contributed by atoms with Crippen LogP contribution in [-0.4, -0.2) is 100 Å². The zero-order valence-electron chi connectivity index (χ0n) is 44.5. The van der Waals surface area contributed by atoms with E-state index < -0.39 is 70.5 Å². The molecule has 24 heteroatoms. The molecule has 8 aromatic carbocycles. The first kappa shape index (κ1) is 54.8. The fourth-order valence-electron chi connectivity index (χ4n) is 10.3. The first-order chi connectivity index (χ1) is 41.7. The van der Waals surface area contributed by atoms with Gasteiger partial charge in [-0.05, 0) is 128 Å².